The van der Waals surface area contributed by atoms with Crippen molar-refractivity contribution in [2.75, 3.05) is 12.5 Å². The van der Waals surface area contributed by atoms with Crippen LogP contribution in [0.5, 0.6) is 5.75 Å². The van der Waals surface area contributed by atoms with Gasteiger partial charge in [0.25, 0.3) is 0 Å². The first-order valence-electron chi connectivity index (χ1n) is 7.59. The lowest BCUT2D eigenvalue weighted by atomic mass is 10.1. The van der Waals surface area contributed by atoms with Crippen LogP contribution in [0.1, 0.15) is 15.9 Å². The summed E-state index contributed by atoms with van der Waals surface area (Å²) < 4.78 is 33.4. The summed E-state index contributed by atoms with van der Waals surface area (Å²) in [6.45, 7) is -0.0558. The fourth-order valence-electron chi connectivity index (χ4n) is 2.54. The zero-order valence-electron chi connectivity index (χ0n) is 13.6. The average Bonchev–Trinajstić information content (AvgIpc) is 2.66. The number of ether oxygens (including phenoxy) is 1. The van der Waals surface area contributed by atoms with Crippen molar-refractivity contribution in [1.29, 1.82) is 0 Å². The summed E-state index contributed by atoms with van der Waals surface area (Å²) in [5, 5.41) is 9.47. The van der Waals surface area contributed by atoms with Gasteiger partial charge in [-0.05, 0) is 11.6 Å². The fraction of sp³-hybridized carbons (Fsp3) is 0.111. The minimum absolute atomic E-state index is 0.0558. The van der Waals surface area contributed by atoms with Gasteiger partial charge in [0.05, 0.1) is 5.39 Å². The van der Waals surface area contributed by atoms with Gasteiger partial charge in [0.2, 0.25) is 11.2 Å². The highest BCUT2D eigenvalue weighted by Gasteiger charge is 2.22. The first kappa shape index (κ1) is 17.4. The van der Waals surface area contributed by atoms with E-state index in [0.717, 1.165) is 16.4 Å². The van der Waals surface area contributed by atoms with Crippen molar-refractivity contribution < 1.29 is 23.4 Å². The number of phenols is 1. The summed E-state index contributed by atoms with van der Waals surface area (Å²) in [5.74, 6) is -4.84. The van der Waals surface area contributed by atoms with Gasteiger partial charge in [-0.3, -0.25) is 9.47 Å². The van der Waals surface area contributed by atoms with E-state index in [1.807, 2.05) is 0 Å². The van der Waals surface area contributed by atoms with Crippen molar-refractivity contribution >= 4 is 16.9 Å². The number of aromatic hydroxyl groups is 1. The van der Waals surface area contributed by atoms with Gasteiger partial charge >= 0.3 is 5.97 Å². The van der Waals surface area contributed by atoms with Crippen LogP contribution in [0.4, 0.5) is 8.78 Å². The number of halogens is 2. The maximum Gasteiger partial charge on any atom is 0.344 e. The molecule has 0 aliphatic rings. The molecular weight excluding hydrogens is 346 g/mol. The molecule has 0 atom stereocenters. The fourth-order valence-corrected chi connectivity index (χ4v) is 2.54. The van der Waals surface area contributed by atoms with Gasteiger partial charge in [0, 0.05) is 13.2 Å². The summed E-state index contributed by atoms with van der Waals surface area (Å²) in [4.78, 5) is 24.8. The topological polar surface area (TPSA) is 80.6 Å². The molecule has 0 radical (unpaired) electrons. The van der Waals surface area contributed by atoms with Crippen LogP contribution in [0, 0.1) is 11.6 Å². The number of phenolic OH excluding ortho intramolecular Hbond substituents is 1. The van der Waals surface area contributed by atoms with Gasteiger partial charge < -0.3 is 15.3 Å². The predicted octanol–water partition coefficient (Wildman–Crippen LogP) is 2.52. The third-order valence-corrected chi connectivity index (χ3v) is 3.83. The number of benzene rings is 2. The third kappa shape index (κ3) is 2.97. The molecule has 0 bridgehead atoms. The number of aromatic nitrogens is 1. The van der Waals surface area contributed by atoms with E-state index in [-0.39, 0.29) is 23.1 Å². The molecule has 6 nitrogen and oxygen atoms in total. The smallest absolute Gasteiger partial charge is 0.344 e. The predicted molar refractivity (Wildman–Crippen MR) is 90.6 cm³/mol. The first-order valence-corrected chi connectivity index (χ1v) is 7.59. The van der Waals surface area contributed by atoms with E-state index in [1.54, 1.807) is 30.3 Å². The van der Waals surface area contributed by atoms with Crippen molar-refractivity contribution in [3.63, 3.8) is 0 Å². The van der Waals surface area contributed by atoms with Crippen LogP contribution in [0.25, 0.3) is 10.9 Å². The van der Waals surface area contributed by atoms with E-state index in [1.165, 1.54) is 7.05 Å². The monoisotopic (exact) mass is 360 g/mol. The Morgan fingerprint density at radius 1 is 1.27 bits per heavy atom. The molecule has 134 valence electrons. The highest BCUT2D eigenvalue weighted by molar-refractivity contribution is 5.95. The molecule has 1 aromatic heterocycles. The Morgan fingerprint density at radius 2 is 1.96 bits per heavy atom. The van der Waals surface area contributed by atoms with Crippen molar-refractivity contribution in [3.8, 4) is 5.75 Å². The average molecular weight is 360 g/mol. The Balaban J connectivity index is 2.06. The van der Waals surface area contributed by atoms with Gasteiger partial charge in [-0.2, -0.15) is 4.39 Å². The molecule has 8 heteroatoms. The Kier molecular flexibility index (Phi) is 4.57. The lowest BCUT2D eigenvalue weighted by Crippen LogP contribution is -2.24. The molecule has 26 heavy (non-hydrogen) atoms. The van der Waals surface area contributed by atoms with Gasteiger partial charge in [0.1, 0.15) is 17.7 Å². The molecule has 0 amide bonds. The van der Waals surface area contributed by atoms with Crippen LogP contribution in [0.3, 0.4) is 0 Å². The standard InChI is InChI=1S/C18H14F2N2O4/c1-21-22-8-12(18(25)26-9-10-5-3-2-4-6-10)16(23)11-7-13(19)14(20)17(24)15(11)22/h2-8,21,24H,9H2,1H3. The minimum Gasteiger partial charge on any atom is -0.503 e. The normalized spacial score (nSPS) is 10.7. The highest BCUT2D eigenvalue weighted by atomic mass is 19.2. The van der Waals surface area contributed by atoms with Crippen molar-refractivity contribution in [3.05, 3.63) is 75.6 Å². The molecule has 0 saturated carbocycles. The van der Waals surface area contributed by atoms with Crippen molar-refractivity contribution in [2.45, 2.75) is 6.61 Å². The largest absolute Gasteiger partial charge is 0.503 e. The number of carbonyl (C=O) groups excluding carboxylic acids is 1. The Labute approximate surface area is 146 Å². The summed E-state index contributed by atoms with van der Waals surface area (Å²) in [5.41, 5.74) is 1.76. The molecule has 0 fully saturated rings. The molecule has 0 unspecified atom stereocenters. The van der Waals surface area contributed by atoms with E-state index >= 15 is 0 Å². The lowest BCUT2D eigenvalue weighted by molar-refractivity contribution is 0.0470. The second-order valence-electron chi connectivity index (χ2n) is 5.44. The van der Waals surface area contributed by atoms with E-state index in [0.29, 0.717) is 6.07 Å². The maximum atomic E-state index is 13.6. The second-order valence-corrected chi connectivity index (χ2v) is 5.44. The SMILES string of the molecule is CNn1cc(C(=O)OCc2ccccc2)c(=O)c2cc(F)c(F)c(O)c21. The van der Waals surface area contributed by atoms with Gasteiger partial charge in [-0.25, -0.2) is 9.18 Å². The number of fused-ring (bicyclic) bond motifs is 1. The molecular formula is C18H14F2N2O4. The summed E-state index contributed by atoms with van der Waals surface area (Å²) in [6.07, 6.45) is 1.06. The number of rotatable bonds is 4. The first-order chi connectivity index (χ1) is 12.4. The molecule has 0 saturated heterocycles. The number of nitrogens with one attached hydrogen (secondary N) is 1. The molecule has 3 rings (SSSR count). The zero-order valence-corrected chi connectivity index (χ0v) is 13.6. The van der Waals surface area contributed by atoms with Crippen LogP contribution in [0.2, 0.25) is 0 Å². The number of carbonyl (C=O) groups is 1. The summed E-state index contributed by atoms with van der Waals surface area (Å²) in [6, 6.07) is 9.47. The van der Waals surface area contributed by atoms with Crippen LogP contribution in [-0.2, 0) is 11.3 Å². The van der Waals surface area contributed by atoms with Gasteiger partial charge in [-0.1, -0.05) is 30.3 Å². The van der Waals surface area contributed by atoms with E-state index in [2.05, 4.69) is 5.43 Å². The number of pyridine rings is 1. The quantitative estimate of drug-likeness (QED) is 0.699. The minimum atomic E-state index is -1.49. The van der Waals surface area contributed by atoms with Crippen LogP contribution >= 0.6 is 0 Å². The lowest BCUT2D eigenvalue weighted by Gasteiger charge is -2.14. The number of hydrogen-bond acceptors (Lipinski definition) is 5. The number of nitrogens with zero attached hydrogens (tertiary/aromatic N) is 1. The number of esters is 1. The molecule has 0 aliphatic carbocycles. The van der Waals surface area contributed by atoms with Crippen LogP contribution in [-0.4, -0.2) is 22.8 Å². The second kappa shape index (κ2) is 6.83. The highest BCUT2D eigenvalue weighted by Crippen LogP contribution is 2.28. The maximum absolute atomic E-state index is 13.6. The zero-order chi connectivity index (χ0) is 18.8. The van der Waals surface area contributed by atoms with Crippen molar-refractivity contribution in [2.24, 2.45) is 0 Å². The molecule has 1 heterocycles. The Bertz CT molecular complexity index is 1050. The summed E-state index contributed by atoms with van der Waals surface area (Å²) in [7, 11) is 1.42. The Hall–Kier alpha value is -3.42. The molecule has 3 aromatic rings. The van der Waals surface area contributed by atoms with E-state index < -0.39 is 28.8 Å². The van der Waals surface area contributed by atoms with E-state index in [4.69, 9.17) is 4.74 Å². The van der Waals surface area contributed by atoms with Crippen molar-refractivity contribution in [1.82, 2.24) is 4.68 Å². The molecule has 0 spiro atoms. The van der Waals surface area contributed by atoms with Crippen LogP contribution < -0.4 is 10.9 Å². The molecule has 2 aromatic carbocycles. The van der Waals surface area contributed by atoms with E-state index in [9.17, 15) is 23.5 Å². The number of hydrogen-bond donors (Lipinski definition) is 2. The molecule has 0 aliphatic heterocycles. The summed E-state index contributed by atoms with van der Waals surface area (Å²) >= 11 is 0. The van der Waals surface area contributed by atoms with Crippen LogP contribution in [0.15, 0.2) is 47.4 Å². The molecule has 2 N–H and O–H groups in total. The van der Waals surface area contributed by atoms with Gasteiger partial charge in [0.15, 0.2) is 11.6 Å². The Morgan fingerprint density at radius 3 is 2.62 bits per heavy atom. The van der Waals surface area contributed by atoms with Gasteiger partial charge in [-0.15, -0.1) is 0 Å². The third-order valence-electron chi connectivity index (χ3n) is 3.83.